The van der Waals surface area contributed by atoms with E-state index in [0.29, 0.717) is 17.2 Å². The molecule has 2 rings (SSSR count). The maximum absolute atomic E-state index is 13.3. The number of nitrogens with one attached hydrogen (secondary N) is 1. The summed E-state index contributed by atoms with van der Waals surface area (Å²) < 4.78 is 19.0. The average molecular weight is 449 g/mol. The summed E-state index contributed by atoms with van der Waals surface area (Å²) in [7, 11) is 0. The molecule has 2 amide bonds. The molecule has 0 aliphatic rings. The fourth-order valence-electron chi connectivity index (χ4n) is 3.08. The SMILES string of the molecule is CC[C@@H](C)NC(=O)[C@H](CC)N(Cc1ccc(F)cc1)C(=O)COc1ccc(Cl)c(C)c1. The quantitative estimate of drug-likeness (QED) is 0.563. The van der Waals surface area contributed by atoms with Crippen molar-refractivity contribution in [3.8, 4) is 5.75 Å². The van der Waals surface area contributed by atoms with Crippen molar-refractivity contribution in [3.05, 3.63) is 64.4 Å². The molecule has 0 saturated carbocycles. The number of nitrogens with zero attached hydrogens (tertiary/aromatic N) is 1. The molecule has 5 nitrogen and oxygen atoms in total. The van der Waals surface area contributed by atoms with Gasteiger partial charge in [0.05, 0.1) is 0 Å². The van der Waals surface area contributed by atoms with Crippen LogP contribution in [0.5, 0.6) is 5.75 Å². The first kappa shape index (κ1) is 24.7. The minimum atomic E-state index is -0.665. The van der Waals surface area contributed by atoms with E-state index in [1.807, 2.05) is 27.7 Å². The van der Waals surface area contributed by atoms with Gasteiger partial charge in [-0.25, -0.2) is 4.39 Å². The largest absolute Gasteiger partial charge is 0.484 e. The third-order valence-electron chi connectivity index (χ3n) is 5.14. The van der Waals surface area contributed by atoms with Gasteiger partial charge in [-0.05, 0) is 68.1 Å². The minimum Gasteiger partial charge on any atom is -0.484 e. The number of carbonyl (C=O) groups excluding carboxylic acids is 2. The van der Waals surface area contributed by atoms with E-state index in [2.05, 4.69) is 5.32 Å². The maximum atomic E-state index is 13.3. The fourth-order valence-corrected chi connectivity index (χ4v) is 3.20. The predicted octanol–water partition coefficient (Wildman–Crippen LogP) is 4.89. The van der Waals surface area contributed by atoms with Gasteiger partial charge in [-0.1, -0.05) is 37.6 Å². The van der Waals surface area contributed by atoms with E-state index in [4.69, 9.17) is 16.3 Å². The van der Waals surface area contributed by atoms with Gasteiger partial charge in [-0.2, -0.15) is 0 Å². The number of hydrogen-bond donors (Lipinski definition) is 1. The molecule has 0 aromatic heterocycles. The van der Waals surface area contributed by atoms with Crippen LogP contribution >= 0.6 is 11.6 Å². The Morgan fingerprint density at radius 3 is 2.39 bits per heavy atom. The highest BCUT2D eigenvalue weighted by Gasteiger charge is 2.29. The van der Waals surface area contributed by atoms with Gasteiger partial charge in [-0.3, -0.25) is 9.59 Å². The second kappa shape index (κ2) is 11.7. The van der Waals surface area contributed by atoms with Gasteiger partial charge in [0, 0.05) is 17.6 Å². The van der Waals surface area contributed by atoms with Crippen molar-refractivity contribution in [2.75, 3.05) is 6.61 Å². The lowest BCUT2D eigenvalue weighted by molar-refractivity contribution is -0.143. The van der Waals surface area contributed by atoms with E-state index in [1.165, 1.54) is 17.0 Å². The van der Waals surface area contributed by atoms with Gasteiger partial charge in [0.1, 0.15) is 17.6 Å². The molecular formula is C24H30ClFN2O3. The molecular weight excluding hydrogens is 419 g/mol. The van der Waals surface area contributed by atoms with E-state index >= 15 is 0 Å². The van der Waals surface area contributed by atoms with E-state index in [9.17, 15) is 14.0 Å². The van der Waals surface area contributed by atoms with Crippen molar-refractivity contribution in [2.24, 2.45) is 0 Å². The molecule has 2 aromatic rings. The lowest BCUT2D eigenvalue weighted by Gasteiger charge is -2.31. The highest BCUT2D eigenvalue weighted by Crippen LogP contribution is 2.21. The summed E-state index contributed by atoms with van der Waals surface area (Å²) >= 11 is 6.04. The minimum absolute atomic E-state index is 0.00221. The number of halogens is 2. The Balaban J connectivity index is 2.21. The highest BCUT2D eigenvalue weighted by atomic mass is 35.5. The van der Waals surface area contributed by atoms with Crippen LogP contribution in [0, 0.1) is 12.7 Å². The fraction of sp³-hybridized carbons (Fsp3) is 0.417. The Hall–Kier alpha value is -2.60. The lowest BCUT2D eigenvalue weighted by Crippen LogP contribution is -2.51. The van der Waals surface area contributed by atoms with E-state index in [0.717, 1.165) is 17.5 Å². The number of benzene rings is 2. The van der Waals surface area contributed by atoms with E-state index in [-0.39, 0.29) is 36.8 Å². The molecule has 0 unspecified atom stereocenters. The van der Waals surface area contributed by atoms with Crippen LogP contribution in [0.15, 0.2) is 42.5 Å². The highest BCUT2D eigenvalue weighted by molar-refractivity contribution is 6.31. The Morgan fingerprint density at radius 2 is 1.81 bits per heavy atom. The predicted molar refractivity (Wildman–Crippen MR) is 121 cm³/mol. The van der Waals surface area contributed by atoms with Crippen molar-refractivity contribution in [1.29, 1.82) is 0 Å². The summed E-state index contributed by atoms with van der Waals surface area (Å²) in [5.41, 5.74) is 1.57. The van der Waals surface area contributed by atoms with Gasteiger partial charge in [0.2, 0.25) is 5.91 Å². The Kier molecular flexibility index (Phi) is 9.31. The van der Waals surface area contributed by atoms with Crippen LogP contribution in [0.1, 0.15) is 44.7 Å². The third kappa shape index (κ3) is 7.24. The van der Waals surface area contributed by atoms with Crippen LogP contribution in [-0.2, 0) is 16.1 Å². The summed E-state index contributed by atoms with van der Waals surface area (Å²) in [5, 5.41) is 3.57. The summed E-state index contributed by atoms with van der Waals surface area (Å²) in [4.78, 5) is 27.5. The van der Waals surface area contributed by atoms with Crippen LogP contribution in [0.2, 0.25) is 5.02 Å². The van der Waals surface area contributed by atoms with E-state index < -0.39 is 6.04 Å². The number of rotatable bonds is 10. The maximum Gasteiger partial charge on any atom is 0.261 e. The molecule has 0 aliphatic carbocycles. The number of carbonyl (C=O) groups is 2. The summed E-state index contributed by atoms with van der Waals surface area (Å²) in [6.45, 7) is 7.56. The monoisotopic (exact) mass is 448 g/mol. The second-order valence-electron chi connectivity index (χ2n) is 7.59. The van der Waals surface area contributed by atoms with Crippen molar-refractivity contribution in [3.63, 3.8) is 0 Å². The van der Waals surface area contributed by atoms with Gasteiger partial charge >= 0.3 is 0 Å². The number of amides is 2. The van der Waals surface area contributed by atoms with Crippen molar-refractivity contribution < 1.29 is 18.7 Å². The molecule has 1 N–H and O–H groups in total. The van der Waals surface area contributed by atoms with Crippen molar-refractivity contribution >= 4 is 23.4 Å². The van der Waals surface area contributed by atoms with Gasteiger partial charge in [-0.15, -0.1) is 0 Å². The third-order valence-corrected chi connectivity index (χ3v) is 5.57. The van der Waals surface area contributed by atoms with Crippen LogP contribution < -0.4 is 10.1 Å². The zero-order valence-corrected chi connectivity index (χ0v) is 19.2. The Morgan fingerprint density at radius 1 is 1.13 bits per heavy atom. The molecule has 0 spiro atoms. The van der Waals surface area contributed by atoms with E-state index in [1.54, 1.807) is 30.3 Å². The zero-order valence-electron chi connectivity index (χ0n) is 18.5. The summed E-state index contributed by atoms with van der Waals surface area (Å²) in [6.07, 6.45) is 1.22. The van der Waals surface area contributed by atoms with Gasteiger partial charge < -0.3 is 15.0 Å². The molecule has 0 saturated heterocycles. The summed E-state index contributed by atoms with van der Waals surface area (Å²) in [5.74, 6) is -0.378. The molecule has 2 atom stereocenters. The van der Waals surface area contributed by atoms with Crippen LogP contribution in [0.3, 0.4) is 0 Å². The normalized spacial score (nSPS) is 12.7. The molecule has 0 aliphatic heterocycles. The van der Waals surface area contributed by atoms with Gasteiger partial charge in [0.25, 0.3) is 5.91 Å². The van der Waals surface area contributed by atoms with Crippen LogP contribution in [0.4, 0.5) is 4.39 Å². The summed E-state index contributed by atoms with van der Waals surface area (Å²) in [6, 6.07) is 10.4. The number of ether oxygens (including phenoxy) is 1. The van der Waals surface area contributed by atoms with Crippen LogP contribution in [-0.4, -0.2) is 35.4 Å². The standard InChI is InChI=1S/C24H30ClFN2O3/c1-5-17(4)27-24(30)22(6-2)28(14-18-7-9-19(26)10-8-18)23(29)15-31-20-11-12-21(25)16(3)13-20/h7-13,17,22H,5-6,14-15H2,1-4H3,(H,27,30)/t17-,22+/m1/s1. The molecule has 2 aromatic carbocycles. The van der Waals surface area contributed by atoms with Gasteiger partial charge in [0.15, 0.2) is 6.61 Å². The molecule has 31 heavy (non-hydrogen) atoms. The molecule has 168 valence electrons. The zero-order chi connectivity index (χ0) is 23.0. The molecule has 0 heterocycles. The number of hydrogen-bond acceptors (Lipinski definition) is 3. The first-order valence-electron chi connectivity index (χ1n) is 10.5. The number of aryl methyl sites for hydroxylation is 1. The Bertz CT molecular complexity index is 889. The lowest BCUT2D eigenvalue weighted by atomic mass is 10.1. The molecule has 0 radical (unpaired) electrons. The van der Waals surface area contributed by atoms with Crippen molar-refractivity contribution in [1.82, 2.24) is 10.2 Å². The molecule has 0 fully saturated rings. The smallest absolute Gasteiger partial charge is 0.261 e. The molecule has 0 bridgehead atoms. The van der Waals surface area contributed by atoms with Crippen molar-refractivity contribution in [2.45, 2.75) is 59.2 Å². The molecule has 7 heteroatoms. The first-order chi connectivity index (χ1) is 14.7. The van der Waals surface area contributed by atoms with Crippen LogP contribution in [0.25, 0.3) is 0 Å². The first-order valence-corrected chi connectivity index (χ1v) is 10.9. The average Bonchev–Trinajstić information content (AvgIpc) is 2.75. The topological polar surface area (TPSA) is 58.6 Å². The second-order valence-corrected chi connectivity index (χ2v) is 8.00. The Labute approximate surface area is 188 Å².